The highest BCUT2D eigenvalue weighted by atomic mass is 32.2. The van der Waals surface area contributed by atoms with Crippen molar-refractivity contribution in [3.63, 3.8) is 0 Å². The quantitative estimate of drug-likeness (QED) is 0.795. The molecule has 1 aromatic carbocycles. The van der Waals surface area contributed by atoms with Gasteiger partial charge in [0, 0.05) is 6.04 Å². The number of methoxy groups -OCH3 is 1. The van der Waals surface area contributed by atoms with Crippen LogP contribution < -0.4 is 10.5 Å². The molecular weight excluding hydrogens is 206 g/mol. The van der Waals surface area contributed by atoms with E-state index in [1.54, 1.807) is 7.11 Å². The van der Waals surface area contributed by atoms with Crippen LogP contribution in [0.3, 0.4) is 0 Å². The van der Waals surface area contributed by atoms with Gasteiger partial charge in [-0.1, -0.05) is 6.07 Å². The molecule has 0 saturated carbocycles. The molecule has 0 aliphatic carbocycles. The Morgan fingerprint density at radius 3 is 3.00 bits per heavy atom. The first-order chi connectivity index (χ1) is 7.24. The van der Waals surface area contributed by atoms with Crippen molar-refractivity contribution in [1.82, 2.24) is 0 Å². The largest absolute Gasteiger partial charge is 0.496 e. The molecule has 0 aromatic heterocycles. The number of hydrogen-bond donors (Lipinski definition) is 1. The minimum absolute atomic E-state index is 0.171. The second-order valence-electron chi connectivity index (χ2n) is 3.92. The van der Waals surface area contributed by atoms with E-state index in [1.165, 1.54) is 22.4 Å². The lowest BCUT2D eigenvalue weighted by Crippen LogP contribution is -2.12. The van der Waals surface area contributed by atoms with Gasteiger partial charge in [0.15, 0.2) is 0 Å². The highest BCUT2D eigenvalue weighted by Crippen LogP contribution is 2.41. The molecule has 1 aromatic rings. The van der Waals surface area contributed by atoms with E-state index >= 15 is 0 Å². The monoisotopic (exact) mass is 223 g/mol. The molecule has 1 unspecified atom stereocenters. The average molecular weight is 223 g/mol. The summed E-state index contributed by atoms with van der Waals surface area (Å²) < 4.78 is 5.40. The topological polar surface area (TPSA) is 35.2 Å². The molecule has 0 saturated heterocycles. The number of aryl methyl sites for hydroxylation is 1. The Morgan fingerprint density at radius 2 is 2.27 bits per heavy atom. The molecular formula is C12H17NOS. The van der Waals surface area contributed by atoms with E-state index in [0.29, 0.717) is 0 Å². The lowest BCUT2D eigenvalue weighted by atomic mass is 9.98. The van der Waals surface area contributed by atoms with Crippen LogP contribution in [0.1, 0.15) is 30.0 Å². The number of ether oxygens (including phenoxy) is 1. The van der Waals surface area contributed by atoms with Crippen molar-refractivity contribution >= 4 is 11.8 Å². The van der Waals surface area contributed by atoms with Crippen molar-refractivity contribution in [1.29, 1.82) is 0 Å². The number of nitrogens with two attached hydrogens (primary N) is 1. The maximum absolute atomic E-state index is 6.20. The molecule has 1 heterocycles. The van der Waals surface area contributed by atoms with Crippen molar-refractivity contribution in [3.8, 4) is 5.75 Å². The Morgan fingerprint density at radius 1 is 1.47 bits per heavy atom. The smallest absolute Gasteiger partial charge is 0.132 e. The van der Waals surface area contributed by atoms with Crippen LogP contribution in [0.2, 0.25) is 0 Å². The van der Waals surface area contributed by atoms with Gasteiger partial charge in [-0.3, -0.25) is 0 Å². The fourth-order valence-corrected chi connectivity index (χ4v) is 3.35. The second-order valence-corrected chi connectivity index (χ2v) is 5.03. The second kappa shape index (κ2) is 4.45. The Bertz CT molecular complexity index is 365. The predicted molar refractivity (Wildman–Crippen MR) is 64.6 cm³/mol. The van der Waals surface area contributed by atoms with Gasteiger partial charge >= 0.3 is 0 Å². The number of hydrogen-bond acceptors (Lipinski definition) is 3. The van der Waals surface area contributed by atoms with Gasteiger partial charge in [0.05, 0.1) is 12.0 Å². The first kappa shape index (κ1) is 10.8. The van der Waals surface area contributed by atoms with E-state index < -0.39 is 0 Å². The van der Waals surface area contributed by atoms with Crippen LogP contribution in [0.15, 0.2) is 17.0 Å². The predicted octanol–water partition coefficient (Wildman–Crippen LogP) is 2.89. The molecule has 0 radical (unpaired) electrons. The Hall–Kier alpha value is -0.670. The van der Waals surface area contributed by atoms with Crippen molar-refractivity contribution in [3.05, 3.63) is 23.3 Å². The summed E-state index contributed by atoms with van der Waals surface area (Å²) in [5, 5.41) is 0. The minimum Gasteiger partial charge on any atom is -0.496 e. The molecule has 0 spiro atoms. The first-order valence-corrected chi connectivity index (χ1v) is 6.28. The molecule has 2 rings (SSSR count). The molecule has 1 aliphatic heterocycles. The lowest BCUT2D eigenvalue weighted by molar-refractivity contribution is 0.402. The van der Waals surface area contributed by atoms with Crippen LogP contribution in [0.25, 0.3) is 0 Å². The summed E-state index contributed by atoms with van der Waals surface area (Å²) in [6.45, 7) is 2.13. The minimum atomic E-state index is 0.171. The molecule has 2 nitrogen and oxygen atoms in total. The molecule has 1 atom stereocenters. The van der Waals surface area contributed by atoms with E-state index in [2.05, 4.69) is 13.0 Å². The molecule has 0 fully saturated rings. The number of rotatable bonds is 1. The van der Waals surface area contributed by atoms with Gasteiger partial charge in [-0.05, 0) is 42.7 Å². The Balaban J connectivity index is 2.55. The maximum Gasteiger partial charge on any atom is 0.132 e. The summed E-state index contributed by atoms with van der Waals surface area (Å²) in [4.78, 5) is 1.25. The zero-order chi connectivity index (χ0) is 10.8. The van der Waals surface area contributed by atoms with Crippen molar-refractivity contribution in [2.75, 3.05) is 12.9 Å². The van der Waals surface area contributed by atoms with Crippen molar-refractivity contribution < 1.29 is 4.74 Å². The van der Waals surface area contributed by atoms with Crippen LogP contribution in [0, 0.1) is 6.92 Å². The van der Waals surface area contributed by atoms with Gasteiger partial charge in [-0.15, -0.1) is 11.8 Å². The van der Waals surface area contributed by atoms with E-state index in [0.717, 1.165) is 17.9 Å². The van der Waals surface area contributed by atoms with E-state index in [-0.39, 0.29) is 6.04 Å². The fraction of sp³-hybridized carbons (Fsp3) is 0.500. The summed E-state index contributed by atoms with van der Waals surface area (Å²) in [6, 6.07) is 4.31. The van der Waals surface area contributed by atoms with Gasteiger partial charge in [-0.2, -0.15) is 0 Å². The average Bonchev–Trinajstić information content (AvgIpc) is 2.42. The third-order valence-corrected chi connectivity index (χ3v) is 4.08. The van der Waals surface area contributed by atoms with Crippen LogP contribution in [0.5, 0.6) is 5.75 Å². The molecule has 3 heteroatoms. The molecule has 15 heavy (non-hydrogen) atoms. The third kappa shape index (κ3) is 1.99. The summed E-state index contributed by atoms with van der Waals surface area (Å²) in [6.07, 6.45) is 2.26. The summed E-state index contributed by atoms with van der Waals surface area (Å²) in [5.41, 5.74) is 8.78. The molecule has 0 amide bonds. The lowest BCUT2D eigenvalue weighted by Gasteiger charge is -2.17. The van der Waals surface area contributed by atoms with Crippen molar-refractivity contribution in [2.24, 2.45) is 5.73 Å². The van der Waals surface area contributed by atoms with Crippen LogP contribution in [0.4, 0.5) is 0 Å². The van der Waals surface area contributed by atoms with E-state index in [1.807, 2.05) is 17.8 Å². The summed E-state index contributed by atoms with van der Waals surface area (Å²) >= 11 is 1.87. The zero-order valence-electron chi connectivity index (χ0n) is 9.25. The van der Waals surface area contributed by atoms with Gasteiger partial charge in [0.2, 0.25) is 0 Å². The van der Waals surface area contributed by atoms with E-state index in [9.17, 15) is 0 Å². The first-order valence-electron chi connectivity index (χ1n) is 5.30. The van der Waals surface area contributed by atoms with Gasteiger partial charge in [-0.25, -0.2) is 0 Å². The number of benzene rings is 1. The summed E-state index contributed by atoms with van der Waals surface area (Å²) in [5.74, 6) is 2.11. The van der Waals surface area contributed by atoms with Gasteiger partial charge in [0.1, 0.15) is 5.75 Å². The molecule has 0 bridgehead atoms. The maximum atomic E-state index is 6.20. The zero-order valence-corrected chi connectivity index (χ0v) is 10.1. The van der Waals surface area contributed by atoms with Crippen LogP contribution >= 0.6 is 11.8 Å². The summed E-state index contributed by atoms with van der Waals surface area (Å²) in [7, 11) is 1.72. The van der Waals surface area contributed by atoms with E-state index in [4.69, 9.17) is 10.5 Å². The highest BCUT2D eigenvalue weighted by Gasteiger charge is 2.20. The Labute approximate surface area is 95.2 Å². The molecule has 82 valence electrons. The highest BCUT2D eigenvalue weighted by molar-refractivity contribution is 7.99. The molecule has 1 aliphatic rings. The number of fused-ring (bicyclic) bond motifs is 1. The number of thioether (sulfide) groups is 1. The Kier molecular flexibility index (Phi) is 3.22. The normalized spacial score (nSPS) is 20.6. The third-order valence-electron chi connectivity index (χ3n) is 2.87. The van der Waals surface area contributed by atoms with Crippen LogP contribution in [-0.4, -0.2) is 12.9 Å². The molecule has 2 N–H and O–H groups in total. The van der Waals surface area contributed by atoms with Gasteiger partial charge in [0.25, 0.3) is 0 Å². The SMILES string of the molecule is COc1ccc(C)c2c1SCCCC2N. The van der Waals surface area contributed by atoms with Crippen LogP contribution in [-0.2, 0) is 0 Å². The fourth-order valence-electron chi connectivity index (χ4n) is 2.07. The standard InChI is InChI=1S/C12H17NOS/c1-8-5-6-10(14-2)12-11(8)9(13)4-3-7-15-12/h5-6,9H,3-4,7,13H2,1-2H3. The van der Waals surface area contributed by atoms with Gasteiger partial charge < -0.3 is 10.5 Å². The van der Waals surface area contributed by atoms with Crippen molar-refractivity contribution in [2.45, 2.75) is 30.7 Å².